The summed E-state index contributed by atoms with van der Waals surface area (Å²) < 4.78 is 0. The number of aryl methyl sites for hydroxylation is 1. The summed E-state index contributed by atoms with van der Waals surface area (Å²) in [5.74, 6) is 0.300. The van der Waals surface area contributed by atoms with E-state index in [1.165, 1.54) is 5.56 Å². The van der Waals surface area contributed by atoms with Crippen LogP contribution in [-0.4, -0.2) is 10.1 Å². The highest BCUT2D eigenvalue weighted by Crippen LogP contribution is 2.33. The van der Waals surface area contributed by atoms with Crippen molar-refractivity contribution in [2.75, 3.05) is 0 Å². The average Bonchev–Trinajstić information content (AvgIpc) is 2.34. The van der Waals surface area contributed by atoms with Gasteiger partial charge in [-0.25, -0.2) is 4.98 Å². The normalized spacial score (nSPS) is 11.5. The molecule has 2 rings (SSSR count). The van der Waals surface area contributed by atoms with Gasteiger partial charge in [-0.05, 0) is 56.5 Å². The van der Waals surface area contributed by atoms with Crippen LogP contribution in [0.3, 0.4) is 0 Å². The summed E-state index contributed by atoms with van der Waals surface area (Å²) >= 11 is 0. The molecule has 0 spiro atoms. The van der Waals surface area contributed by atoms with Crippen molar-refractivity contribution >= 4 is 17.0 Å². The van der Waals surface area contributed by atoms with Gasteiger partial charge in [0.2, 0.25) is 0 Å². The Labute approximate surface area is 102 Å². The predicted octanol–water partition coefficient (Wildman–Crippen LogP) is 3.90. The summed E-state index contributed by atoms with van der Waals surface area (Å²) in [5, 5.41) is 11.2. The van der Waals surface area contributed by atoms with Crippen LogP contribution in [0.2, 0.25) is 0 Å². The van der Waals surface area contributed by atoms with Crippen molar-refractivity contribution in [2.24, 2.45) is 0 Å². The highest BCUT2D eigenvalue weighted by molar-refractivity contribution is 5.90. The van der Waals surface area contributed by atoms with Crippen molar-refractivity contribution in [1.29, 1.82) is 0 Å². The molecule has 1 aromatic heterocycles. The zero-order valence-corrected chi connectivity index (χ0v) is 10.7. The average molecular weight is 227 g/mol. The number of benzene rings is 1. The van der Waals surface area contributed by atoms with Crippen LogP contribution >= 0.6 is 0 Å². The lowest BCUT2D eigenvalue weighted by Gasteiger charge is -2.12. The molecule has 0 bridgehead atoms. The summed E-state index contributed by atoms with van der Waals surface area (Å²) in [7, 11) is 0. The third-order valence-electron chi connectivity index (χ3n) is 3.36. The van der Waals surface area contributed by atoms with E-state index >= 15 is 0 Å². The summed E-state index contributed by atoms with van der Waals surface area (Å²) in [6.45, 7) is 7.99. The van der Waals surface area contributed by atoms with E-state index < -0.39 is 0 Å². The minimum absolute atomic E-state index is 0.300. The minimum Gasteiger partial charge on any atom is -0.505 e. The Morgan fingerprint density at radius 3 is 2.41 bits per heavy atom. The van der Waals surface area contributed by atoms with Gasteiger partial charge in [0, 0.05) is 5.39 Å². The predicted molar refractivity (Wildman–Crippen MR) is 72.3 cm³/mol. The van der Waals surface area contributed by atoms with E-state index in [9.17, 15) is 5.11 Å². The van der Waals surface area contributed by atoms with Crippen LogP contribution < -0.4 is 0 Å². The zero-order valence-electron chi connectivity index (χ0n) is 10.7. The highest BCUT2D eigenvalue weighted by Gasteiger charge is 2.11. The second-order valence-corrected chi connectivity index (χ2v) is 4.36. The van der Waals surface area contributed by atoms with Gasteiger partial charge in [-0.2, -0.15) is 0 Å². The van der Waals surface area contributed by atoms with Crippen LogP contribution in [0.1, 0.15) is 29.3 Å². The smallest absolute Gasteiger partial charge is 0.145 e. The molecule has 0 unspecified atom stereocenters. The van der Waals surface area contributed by atoms with Crippen LogP contribution in [0.25, 0.3) is 17.0 Å². The molecule has 1 aromatic carbocycles. The molecule has 0 aliphatic heterocycles. The van der Waals surface area contributed by atoms with Crippen molar-refractivity contribution in [3.8, 4) is 5.75 Å². The SMILES string of the molecule is C/C=C/c1ccc2c(C)c(C)c(C)c(O)c2n1. The van der Waals surface area contributed by atoms with E-state index in [1.807, 2.05) is 45.1 Å². The number of fused-ring (bicyclic) bond motifs is 1. The van der Waals surface area contributed by atoms with Gasteiger partial charge in [-0.15, -0.1) is 0 Å². The molecule has 0 amide bonds. The molecule has 0 atom stereocenters. The number of phenols is 1. The largest absolute Gasteiger partial charge is 0.505 e. The third-order valence-corrected chi connectivity index (χ3v) is 3.36. The Balaban J connectivity index is 2.86. The standard InChI is InChI=1S/C15H17NO/c1-5-6-12-7-8-13-10(3)9(2)11(4)15(17)14(13)16-12/h5-8,17H,1-4H3/b6-5+. The molecule has 1 N–H and O–H groups in total. The van der Waals surface area contributed by atoms with Gasteiger partial charge < -0.3 is 5.11 Å². The molecule has 1 heterocycles. The van der Waals surface area contributed by atoms with Crippen LogP contribution in [0.4, 0.5) is 0 Å². The first kappa shape index (κ1) is 11.6. The number of pyridine rings is 1. The van der Waals surface area contributed by atoms with E-state index in [0.29, 0.717) is 11.3 Å². The molecule has 0 aliphatic carbocycles. The van der Waals surface area contributed by atoms with Crippen molar-refractivity contribution in [3.05, 3.63) is 40.6 Å². The monoisotopic (exact) mass is 227 g/mol. The Morgan fingerprint density at radius 2 is 1.76 bits per heavy atom. The fraction of sp³-hybridized carbons (Fsp3) is 0.267. The number of phenolic OH excluding ortho intramolecular Hbond substituents is 1. The van der Waals surface area contributed by atoms with Gasteiger partial charge in [0.15, 0.2) is 0 Å². The van der Waals surface area contributed by atoms with Crippen molar-refractivity contribution < 1.29 is 5.11 Å². The van der Waals surface area contributed by atoms with Crippen LogP contribution in [0.15, 0.2) is 18.2 Å². The maximum atomic E-state index is 10.2. The molecule has 0 radical (unpaired) electrons. The van der Waals surface area contributed by atoms with Gasteiger partial charge in [0.25, 0.3) is 0 Å². The number of allylic oxidation sites excluding steroid dienone is 1. The Kier molecular flexibility index (Phi) is 2.88. The van der Waals surface area contributed by atoms with Gasteiger partial charge >= 0.3 is 0 Å². The van der Waals surface area contributed by atoms with Gasteiger partial charge in [0.05, 0.1) is 5.69 Å². The second kappa shape index (κ2) is 4.21. The molecule has 0 saturated carbocycles. The fourth-order valence-electron chi connectivity index (χ4n) is 2.06. The molecule has 0 aliphatic rings. The molecule has 2 aromatic rings. The maximum absolute atomic E-state index is 10.2. The van der Waals surface area contributed by atoms with Gasteiger partial charge in [-0.1, -0.05) is 12.1 Å². The lowest BCUT2D eigenvalue weighted by molar-refractivity contribution is 0.475. The number of rotatable bonds is 1. The van der Waals surface area contributed by atoms with Crippen molar-refractivity contribution in [1.82, 2.24) is 4.98 Å². The Bertz CT molecular complexity index is 612. The fourth-order valence-corrected chi connectivity index (χ4v) is 2.06. The summed E-state index contributed by atoms with van der Waals surface area (Å²) in [6.07, 6.45) is 3.88. The van der Waals surface area contributed by atoms with Crippen molar-refractivity contribution in [2.45, 2.75) is 27.7 Å². The zero-order chi connectivity index (χ0) is 12.6. The van der Waals surface area contributed by atoms with E-state index in [1.54, 1.807) is 0 Å². The van der Waals surface area contributed by atoms with E-state index in [4.69, 9.17) is 0 Å². The molecule has 2 heteroatoms. The third kappa shape index (κ3) is 1.80. The lowest BCUT2D eigenvalue weighted by Crippen LogP contribution is -1.93. The molecule has 17 heavy (non-hydrogen) atoms. The summed E-state index contributed by atoms with van der Waals surface area (Å²) in [5.41, 5.74) is 4.81. The highest BCUT2D eigenvalue weighted by atomic mass is 16.3. The van der Waals surface area contributed by atoms with E-state index in [-0.39, 0.29) is 0 Å². The molecular formula is C15H17NO. The quantitative estimate of drug-likeness (QED) is 0.801. The molecule has 88 valence electrons. The number of hydrogen-bond donors (Lipinski definition) is 1. The van der Waals surface area contributed by atoms with Crippen LogP contribution in [-0.2, 0) is 0 Å². The van der Waals surface area contributed by atoms with E-state index in [2.05, 4.69) is 11.9 Å². The first-order chi connectivity index (χ1) is 8.06. The Morgan fingerprint density at radius 1 is 1.06 bits per heavy atom. The number of aromatic nitrogens is 1. The summed E-state index contributed by atoms with van der Waals surface area (Å²) in [6, 6.07) is 4.00. The lowest BCUT2D eigenvalue weighted by atomic mass is 9.98. The summed E-state index contributed by atoms with van der Waals surface area (Å²) in [4.78, 5) is 4.49. The van der Waals surface area contributed by atoms with Crippen LogP contribution in [0, 0.1) is 20.8 Å². The topological polar surface area (TPSA) is 33.1 Å². The number of nitrogens with zero attached hydrogens (tertiary/aromatic N) is 1. The Hall–Kier alpha value is -1.83. The first-order valence-corrected chi connectivity index (χ1v) is 5.78. The number of hydrogen-bond acceptors (Lipinski definition) is 2. The molecule has 0 fully saturated rings. The van der Waals surface area contributed by atoms with E-state index in [0.717, 1.165) is 22.2 Å². The minimum atomic E-state index is 0.300. The van der Waals surface area contributed by atoms with Gasteiger partial charge in [0.1, 0.15) is 11.3 Å². The number of aromatic hydroxyl groups is 1. The van der Waals surface area contributed by atoms with Crippen molar-refractivity contribution in [3.63, 3.8) is 0 Å². The van der Waals surface area contributed by atoms with Crippen LogP contribution in [0.5, 0.6) is 5.75 Å². The maximum Gasteiger partial charge on any atom is 0.145 e. The second-order valence-electron chi connectivity index (χ2n) is 4.36. The molecule has 2 nitrogen and oxygen atoms in total. The first-order valence-electron chi connectivity index (χ1n) is 5.78. The van der Waals surface area contributed by atoms with Gasteiger partial charge in [-0.3, -0.25) is 0 Å². The molecular weight excluding hydrogens is 210 g/mol. The molecule has 0 saturated heterocycles.